The molecule has 0 fully saturated rings. The van der Waals surface area contributed by atoms with Gasteiger partial charge in [-0.1, -0.05) is 33.3 Å². The summed E-state index contributed by atoms with van der Waals surface area (Å²) in [5.41, 5.74) is 1.61. The number of aromatic nitrogens is 1. The van der Waals surface area contributed by atoms with E-state index in [-0.39, 0.29) is 38.3 Å². The van der Waals surface area contributed by atoms with Crippen molar-refractivity contribution in [2.24, 2.45) is 7.05 Å². The van der Waals surface area contributed by atoms with E-state index in [1.54, 1.807) is 29.4 Å². The quantitative estimate of drug-likeness (QED) is 0.554. The summed E-state index contributed by atoms with van der Waals surface area (Å²) >= 11 is 5.13. The fourth-order valence-corrected chi connectivity index (χ4v) is 2.47. The molecular weight excluding hydrogens is 415 g/mol. The Kier molecular flexibility index (Phi) is 7.52. The second-order valence-corrected chi connectivity index (χ2v) is 5.58. The van der Waals surface area contributed by atoms with Crippen LogP contribution in [0.5, 0.6) is 5.75 Å². The smallest absolute Gasteiger partial charge is 0.194 e. The number of ether oxygens (including phenoxy) is 1. The number of benzene rings is 1. The van der Waals surface area contributed by atoms with E-state index in [9.17, 15) is 4.79 Å². The van der Waals surface area contributed by atoms with Gasteiger partial charge in [0, 0.05) is 39.8 Å². The first-order chi connectivity index (χ1) is 9.13. The molecule has 2 aromatic rings. The molecule has 0 bridgehead atoms. The average molecular weight is 428 g/mol. The Bertz CT molecular complexity index is 645. The third-order valence-electron chi connectivity index (χ3n) is 2.65. The van der Waals surface area contributed by atoms with Crippen molar-refractivity contribution in [1.82, 2.24) is 4.57 Å². The Labute approximate surface area is 156 Å². The molecule has 0 atom stereocenters. The van der Waals surface area contributed by atoms with Gasteiger partial charge in [-0.3, -0.25) is 4.79 Å². The molecule has 2 rings (SSSR count). The van der Waals surface area contributed by atoms with E-state index in [4.69, 9.17) is 4.74 Å². The van der Waals surface area contributed by atoms with E-state index in [0.717, 1.165) is 21.5 Å². The minimum atomic E-state index is -0.0524. The second kappa shape index (κ2) is 8.37. The molecule has 6 heteroatoms. The number of hydrogen-bond donors (Lipinski definition) is 0. The molecule has 0 saturated carbocycles. The summed E-state index contributed by atoms with van der Waals surface area (Å²) in [6.07, 6.45) is 1.98. The van der Waals surface area contributed by atoms with E-state index in [2.05, 4.69) is 22.0 Å². The van der Waals surface area contributed by atoms with Crippen molar-refractivity contribution in [3.05, 3.63) is 51.2 Å². The summed E-state index contributed by atoms with van der Waals surface area (Å²) in [5.74, 6) is 1.41. The summed E-state index contributed by atoms with van der Waals surface area (Å²) in [5, 5.41) is 0. The maximum Gasteiger partial charge on any atom is 0.194 e. The van der Waals surface area contributed by atoms with Gasteiger partial charge in [0.2, 0.25) is 0 Å². The van der Waals surface area contributed by atoms with Crippen LogP contribution in [-0.4, -0.2) is 16.8 Å². The Balaban J connectivity index is 0.00000200. The first-order valence-corrected chi connectivity index (χ1v) is 7.81. The number of nitrogens with zero attached hydrogens (tertiary/aromatic N) is 1. The van der Waals surface area contributed by atoms with E-state index in [1.165, 1.54) is 6.07 Å². The fraction of sp³-hybridized carbons (Fsp3) is 0.214. The minimum Gasteiger partial charge on any atom is -0.483 e. The van der Waals surface area contributed by atoms with E-state index >= 15 is 0 Å². The van der Waals surface area contributed by atoms with Crippen molar-refractivity contribution in [2.75, 3.05) is 12.2 Å². The van der Waals surface area contributed by atoms with Crippen LogP contribution >= 0.6 is 27.7 Å². The zero-order chi connectivity index (χ0) is 13.8. The van der Waals surface area contributed by atoms with Crippen LogP contribution in [0, 0.1) is 6.07 Å². The van der Waals surface area contributed by atoms with E-state index < -0.39 is 0 Å². The van der Waals surface area contributed by atoms with Crippen molar-refractivity contribution in [3.8, 4) is 17.0 Å². The molecular formula is C14H13BrNO2SY-. The second-order valence-electron chi connectivity index (χ2n) is 3.92. The minimum absolute atomic E-state index is 0. The summed E-state index contributed by atoms with van der Waals surface area (Å²) < 4.78 is 7.99. The number of hydrogen-bond acceptors (Lipinski definition) is 3. The van der Waals surface area contributed by atoms with Crippen LogP contribution in [0.25, 0.3) is 11.3 Å². The average Bonchev–Trinajstić information content (AvgIpc) is 2.40. The molecule has 1 heterocycles. The van der Waals surface area contributed by atoms with Crippen molar-refractivity contribution in [1.29, 1.82) is 0 Å². The molecule has 0 spiro atoms. The van der Waals surface area contributed by atoms with Crippen molar-refractivity contribution in [2.45, 2.75) is 0 Å². The van der Waals surface area contributed by atoms with Gasteiger partial charge in [0.15, 0.2) is 5.56 Å². The predicted octanol–water partition coefficient (Wildman–Crippen LogP) is 3.31. The topological polar surface area (TPSA) is 31.2 Å². The van der Waals surface area contributed by atoms with Crippen molar-refractivity contribution in [3.63, 3.8) is 0 Å². The van der Waals surface area contributed by atoms with Crippen LogP contribution in [0.1, 0.15) is 0 Å². The van der Waals surface area contributed by atoms with Crippen LogP contribution in [0.3, 0.4) is 0 Å². The molecule has 1 aromatic heterocycles. The van der Waals surface area contributed by atoms with Gasteiger partial charge in [0.1, 0.15) is 11.7 Å². The van der Waals surface area contributed by atoms with Gasteiger partial charge < -0.3 is 9.30 Å². The summed E-state index contributed by atoms with van der Waals surface area (Å²) in [7, 11) is 1.73. The molecule has 0 amide bonds. The van der Waals surface area contributed by atoms with Crippen LogP contribution in [-0.2, 0) is 39.8 Å². The molecule has 1 radical (unpaired) electrons. The maximum atomic E-state index is 11.6. The molecule has 3 nitrogen and oxygen atoms in total. The Morgan fingerprint density at radius 3 is 2.80 bits per heavy atom. The monoisotopic (exact) mass is 427 g/mol. The molecule has 0 aliphatic heterocycles. The molecule has 1 aromatic carbocycles. The molecule has 103 valence electrons. The number of pyridine rings is 1. The van der Waals surface area contributed by atoms with Crippen LogP contribution in [0.2, 0.25) is 0 Å². The number of thioether (sulfide) groups is 1. The van der Waals surface area contributed by atoms with Gasteiger partial charge in [0.05, 0.1) is 0 Å². The van der Waals surface area contributed by atoms with Gasteiger partial charge >= 0.3 is 0 Å². The van der Waals surface area contributed by atoms with Crippen LogP contribution in [0.15, 0.2) is 39.6 Å². The molecule has 0 aliphatic carbocycles. The van der Waals surface area contributed by atoms with E-state index in [0.29, 0.717) is 5.94 Å². The number of rotatable bonds is 4. The van der Waals surface area contributed by atoms with Crippen molar-refractivity contribution >= 4 is 27.7 Å². The van der Waals surface area contributed by atoms with Gasteiger partial charge in [-0.15, -0.1) is 17.8 Å². The molecule has 0 unspecified atom stereocenters. The normalized spacial score (nSPS) is 9.95. The number of halogens is 1. The van der Waals surface area contributed by atoms with E-state index in [1.807, 2.05) is 24.5 Å². The Hall–Kier alpha value is -0.0961. The molecule has 0 aliphatic rings. The first-order valence-electron chi connectivity index (χ1n) is 5.63. The summed E-state index contributed by atoms with van der Waals surface area (Å²) in [6.45, 7) is 0. The molecule has 0 saturated heterocycles. The summed E-state index contributed by atoms with van der Waals surface area (Å²) in [6, 6.07) is 11.9. The largest absolute Gasteiger partial charge is 0.483 e. The Morgan fingerprint density at radius 2 is 2.15 bits per heavy atom. The Morgan fingerprint density at radius 1 is 1.40 bits per heavy atom. The molecule has 20 heavy (non-hydrogen) atoms. The van der Waals surface area contributed by atoms with Gasteiger partial charge in [-0.05, 0) is 22.9 Å². The van der Waals surface area contributed by atoms with Crippen LogP contribution in [0.4, 0.5) is 0 Å². The van der Waals surface area contributed by atoms with Crippen molar-refractivity contribution < 1.29 is 37.4 Å². The third-order valence-corrected chi connectivity index (χ3v) is 3.66. The van der Waals surface area contributed by atoms with Crippen LogP contribution < -0.4 is 10.3 Å². The summed E-state index contributed by atoms with van der Waals surface area (Å²) in [4.78, 5) is 11.6. The SMILES string of the molecule is CSCOc1ccc(-c2[c-]ccc(=O)n2C)c(Br)c1.[Y]. The maximum absolute atomic E-state index is 11.6. The molecule has 0 N–H and O–H groups in total. The zero-order valence-electron chi connectivity index (χ0n) is 11.2. The standard InChI is InChI=1S/C14H13BrNO2S.Y/c1-16-13(4-3-5-14(16)17)11-7-6-10(8-12(11)15)18-9-19-2;/h3,5-8H,9H2,1-2H3;/q-1;. The third kappa shape index (κ3) is 4.20. The predicted molar refractivity (Wildman–Crippen MR) is 82.7 cm³/mol. The zero-order valence-corrected chi connectivity index (χ0v) is 16.5. The first kappa shape index (κ1) is 18.0. The van der Waals surface area contributed by atoms with Gasteiger partial charge in [-0.25, -0.2) is 0 Å². The van der Waals surface area contributed by atoms with Gasteiger partial charge in [-0.2, -0.15) is 12.1 Å². The van der Waals surface area contributed by atoms with Gasteiger partial charge in [0.25, 0.3) is 0 Å². The fourth-order valence-electron chi connectivity index (χ4n) is 1.67.